The number of alkyl carbamates (subject to hydrolysis) is 1. The number of hydrogen-bond acceptors (Lipinski definition) is 3. The van der Waals surface area contributed by atoms with E-state index in [0.717, 1.165) is 24.6 Å². The van der Waals surface area contributed by atoms with Crippen molar-refractivity contribution < 1.29 is 9.53 Å². The first kappa shape index (κ1) is 17.8. The predicted octanol–water partition coefficient (Wildman–Crippen LogP) is 4.03. The van der Waals surface area contributed by atoms with Crippen molar-refractivity contribution in [1.82, 2.24) is 10.6 Å². The summed E-state index contributed by atoms with van der Waals surface area (Å²) in [5.41, 5.74) is 0.611. The van der Waals surface area contributed by atoms with E-state index in [4.69, 9.17) is 4.74 Å². The van der Waals surface area contributed by atoms with Crippen LogP contribution in [-0.4, -0.2) is 24.8 Å². The molecule has 0 aromatic heterocycles. The molecule has 1 saturated carbocycles. The minimum atomic E-state index is -0.484. The highest BCUT2D eigenvalue weighted by Crippen LogP contribution is 2.24. The SMILES string of the molecule is CC(C)(C)OC(=O)NC(CNCC1CCCC1)c1ccccc1. The lowest BCUT2D eigenvalue weighted by molar-refractivity contribution is 0.0503. The first-order valence-corrected chi connectivity index (χ1v) is 8.69. The molecule has 1 fully saturated rings. The summed E-state index contributed by atoms with van der Waals surface area (Å²) >= 11 is 0. The topological polar surface area (TPSA) is 50.4 Å². The van der Waals surface area contributed by atoms with E-state index in [1.165, 1.54) is 25.7 Å². The molecule has 23 heavy (non-hydrogen) atoms. The van der Waals surface area contributed by atoms with Gasteiger partial charge in [-0.2, -0.15) is 0 Å². The van der Waals surface area contributed by atoms with Crippen LogP contribution in [0.3, 0.4) is 0 Å². The lowest BCUT2D eigenvalue weighted by Gasteiger charge is -2.24. The fraction of sp³-hybridized carbons (Fsp3) is 0.632. The second-order valence-corrected chi connectivity index (χ2v) is 7.42. The lowest BCUT2D eigenvalue weighted by atomic mass is 10.1. The molecule has 1 amide bonds. The molecule has 0 saturated heterocycles. The van der Waals surface area contributed by atoms with Crippen molar-refractivity contribution in [3.63, 3.8) is 0 Å². The highest BCUT2D eigenvalue weighted by Gasteiger charge is 2.21. The van der Waals surface area contributed by atoms with Gasteiger partial charge in [-0.1, -0.05) is 43.2 Å². The zero-order valence-corrected chi connectivity index (χ0v) is 14.6. The zero-order valence-electron chi connectivity index (χ0n) is 14.6. The van der Waals surface area contributed by atoms with Crippen LogP contribution in [0.25, 0.3) is 0 Å². The molecule has 4 heteroatoms. The molecule has 4 nitrogen and oxygen atoms in total. The Bertz CT molecular complexity index is 476. The zero-order chi connectivity index (χ0) is 16.7. The second kappa shape index (κ2) is 8.34. The summed E-state index contributed by atoms with van der Waals surface area (Å²) in [6.07, 6.45) is 4.98. The van der Waals surface area contributed by atoms with Gasteiger partial charge in [0.05, 0.1) is 6.04 Å². The minimum absolute atomic E-state index is 0.0764. The van der Waals surface area contributed by atoms with E-state index in [0.29, 0.717) is 0 Å². The normalized spacial score (nSPS) is 17.0. The predicted molar refractivity (Wildman–Crippen MR) is 93.4 cm³/mol. The van der Waals surface area contributed by atoms with Gasteiger partial charge in [-0.15, -0.1) is 0 Å². The summed E-state index contributed by atoms with van der Waals surface area (Å²) in [4.78, 5) is 12.1. The van der Waals surface area contributed by atoms with Crippen molar-refractivity contribution in [2.75, 3.05) is 13.1 Å². The van der Waals surface area contributed by atoms with Crippen molar-refractivity contribution in [2.45, 2.75) is 58.1 Å². The third kappa shape index (κ3) is 6.61. The van der Waals surface area contributed by atoms with E-state index in [-0.39, 0.29) is 12.1 Å². The first-order chi connectivity index (χ1) is 10.9. The van der Waals surface area contributed by atoms with Crippen LogP contribution in [0, 0.1) is 5.92 Å². The summed E-state index contributed by atoms with van der Waals surface area (Å²) in [5.74, 6) is 0.785. The Morgan fingerprint density at radius 2 is 1.87 bits per heavy atom. The molecule has 1 unspecified atom stereocenters. The summed E-state index contributed by atoms with van der Waals surface area (Å²) in [5, 5.41) is 6.52. The quantitative estimate of drug-likeness (QED) is 0.832. The fourth-order valence-electron chi connectivity index (χ4n) is 3.03. The van der Waals surface area contributed by atoms with E-state index in [1.54, 1.807) is 0 Å². The van der Waals surface area contributed by atoms with Crippen LogP contribution < -0.4 is 10.6 Å². The molecule has 1 atom stereocenters. The van der Waals surface area contributed by atoms with Gasteiger partial charge in [0, 0.05) is 6.54 Å². The lowest BCUT2D eigenvalue weighted by Crippen LogP contribution is -2.39. The summed E-state index contributed by atoms with van der Waals surface area (Å²) in [6.45, 7) is 7.38. The highest BCUT2D eigenvalue weighted by atomic mass is 16.6. The van der Waals surface area contributed by atoms with Crippen molar-refractivity contribution in [1.29, 1.82) is 0 Å². The summed E-state index contributed by atoms with van der Waals surface area (Å²) < 4.78 is 5.39. The maximum Gasteiger partial charge on any atom is 0.408 e. The third-order valence-electron chi connectivity index (χ3n) is 4.15. The molecule has 0 aliphatic heterocycles. The maximum atomic E-state index is 12.1. The van der Waals surface area contributed by atoms with Gasteiger partial charge >= 0.3 is 6.09 Å². The number of rotatable bonds is 6. The average Bonchev–Trinajstić information content (AvgIpc) is 2.98. The molecule has 2 rings (SSSR count). The van der Waals surface area contributed by atoms with Gasteiger partial charge in [0.25, 0.3) is 0 Å². The van der Waals surface area contributed by atoms with Gasteiger partial charge in [-0.05, 0) is 51.6 Å². The molecule has 0 radical (unpaired) electrons. The third-order valence-corrected chi connectivity index (χ3v) is 4.15. The van der Waals surface area contributed by atoms with E-state index in [2.05, 4.69) is 10.6 Å². The summed E-state index contributed by atoms with van der Waals surface area (Å²) in [7, 11) is 0. The van der Waals surface area contributed by atoms with Crippen LogP contribution in [0.2, 0.25) is 0 Å². The summed E-state index contributed by atoms with van der Waals surface area (Å²) in [6, 6.07) is 9.98. The molecule has 0 heterocycles. The molecule has 2 N–H and O–H groups in total. The van der Waals surface area contributed by atoms with Crippen molar-refractivity contribution in [2.24, 2.45) is 5.92 Å². The van der Waals surface area contributed by atoms with Crippen molar-refractivity contribution in [3.05, 3.63) is 35.9 Å². The minimum Gasteiger partial charge on any atom is -0.444 e. The highest BCUT2D eigenvalue weighted by molar-refractivity contribution is 5.68. The van der Waals surface area contributed by atoms with E-state index in [9.17, 15) is 4.79 Å². The van der Waals surface area contributed by atoms with Crippen LogP contribution >= 0.6 is 0 Å². The molecule has 0 bridgehead atoms. The average molecular weight is 318 g/mol. The van der Waals surface area contributed by atoms with Crippen LogP contribution in [-0.2, 0) is 4.74 Å². The number of hydrogen-bond donors (Lipinski definition) is 2. The first-order valence-electron chi connectivity index (χ1n) is 8.69. The van der Waals surface area contributed by atoms with E-state index < -0.39 is 5.60 Å². The standard InChI is InChI=1S/C19H30N2O2/c1-19(2,3)23-18(22)21-17(16-11-5-4-6-12-16)14-20-13-15-9-7-8-10-15/h4-6,11-12,15,17,20H,7-10,13-14H2,1-3H3,(H,21,22). The van der Waals surface area contributed by atoms with Gasteiger partial charge in [0.1, 0.15) is 5.60 Å². The van der Waals surface area contributed by atoms with Crippen LogP contribution in [0.4, 0.5) is 4.79 Å². The van der Waals surface area contributed by atoms with E-state index >= 15 is 0 Å². The number of nitrogens with one attached hydrogen (secondary N) is 2. The molecule has 1 aromatic carbocycles. The monoisotopic (exact) mass is 318 g/mol. The molecule has 128 valence electrons. The number of carbonyl (C=O) groups is 1. The number of amides is 1. The van der Waals surface area contributed by atoms with Gasteiger partial charge in [-0.25, -0.2) is 4.79 Å². The molecule has 1 aliphatic carbocycles. The number of ether oxygens (including phenoxy) is 1. The molecule has 0 spiro atoms. The van der Waals surface area contributed by atoms with Crippen molar-refractivity contribution >= 4 is 6.09 Å². The van der Waals surface area contributed by atoms with Crippen LogP contribution in [0.5, 0.6) is 0 Å². The Hall–Kier alpha value is -1.55. The van der Waals surface area contributed by atoms with Gasteiger partial charge in [0.2, 0.25) is 0 Å². The Kier molecular flexibility index (Phi) is 6.46. The van der Waals surface area contributed by atoms with Gasteiger partial charge in [-0.3, -0.25) is 0 Å². The Labute approximate surface area is 140 Å². The Morgan fingerprint density at radius 1 is 1.22 bits per heavy atom. The molecule has 1 aromatic rings. The fourth-order valence-corrected chi connectivity index (χ4v) is 3.03. The van der Waals surface area contributed by atoms with Crippen LogP contribution in [0.1, 0.15) is 58.1 Å². The molecule has 1 aliphatic rings. The number of benzene rings is 1. The molecular weight excluding hydrogens is 288 g/mol. The largest absolute Gasteiger partial charge is 0.444 e. The maximum absolute atomic E-state index is 12.1. The molecular formula is C19H30N2O2. The van der Waals surface area contributed by atoms with Crippen LogP contribution in [0.15, 0.2) is 30.3 Å². The van der Waals surface area contributed by atoms with E-state index in [1.807, 2.05) is 51.1 Å². The van der Waals surface area contributed by atoms with Gasteiger partial charge in [0.15, 0.2) is 0 Å². The Balaban J connectivity index is 1.90. The Morgan fingerprint density at radius 3 is 2.48 bits per heavy atom. The van der Waals surface area contributed by atoms with Crippen molar-refractivity contribution in [3.8, 4) is 0 Å². The number of carbonyl (C=O) groups excluding carboxylic acids is 1. The van der Waals surface area contributed by atoms with Gasteiger partial charge < -0.3 is 15.4 Å². The smallest absolute Gasteiger partial charge is 0.408 e. The second-order valence-electron chi connectivity index (χ2n) is 7.42.